The first kappa shape index (κ1) is 16.8. The zero-order valence-electron chi connectivity index (χ0n) is 12.6. The van der Waals surface area contributed by atoms with Gasteiger partial charge in [-0.2, -0.15) is 0 Å². The highest BCUT2D eigenvalue weighted by Crippen LogP contribution is 2.27. The lowest BCUT2D eigenvalue weighted by molar-refractivity contribution is -0.125. The summed E-state index contributed by atoms with van der Waals surface area (Å²) in [5.41, 5.74) is -0.805. The molecule has 1 atom stereocenters. The Balaban J connectivity index is 2.51. The third kappa shape index (κ3) is 5.00. The van der Waals surface area contributed by atoms with E-state index < -0.39 is 17.7 Å². The van der Waals surface area contributed by atoms with Gasteiger partial charge < -0.3 is 20.5 Å². The van der Waals surface area contributed by atoms with Crippen molar-refractivity contribution < 1.29 is 19.4 Å². The number of hydrogen-bond donors (Lipinski definition) is 3. The largest absolute Gasteiger partial charge is 0.453 e. The molecule has 0 spiro atoms. The summed E-state index contributed by atoms with van der Waals surface area (Å²) in [5.74, 6) is -0.348. The van der Waals surface area contributed by atoms with Gasteiger partial charge in [-0.05, 0) is 18.8 Å². The van der Waals surface area contributed by atoms with Crippen LogP contribution in [0.4, 0.5) is 4.79 Å². The average Bonchev–Trinajstić information content (AvgIpc) is 2.42. The van der Waals surface area contributed by atoms with Crippen molar-refractivity contribution in [2.75, 3.05) is 13.7 Å². The standard InChI is InChI=1S/C14H26N2O4/c1-10(2)11(16-13(18)20-3)12(17)15-9-14(19)7-5-4-6-8-14/h10-11,19H,4-9H2,1-3H3,(H,15,17)(H,16,18)/t11-/m0/s1. The molecule has 0 bridgehead atoms. The number of ether oxygens (including phenoxy) is 1. The van der Waals surface area contributed by atoms with Gasteiger partial charge in [0.15, 0.2) is 0 Å². The SMILES string of the molecule is COC(=O)N[C@H](C(=O)NCC1(O)CCCCC1)C(C)C. The van der Waals surface area contributed by atoms with Gasteiger partial charge in [0, 0.05) is 6.54 Å². The van der Waals surface area contributed by atoms with Crippen molar-refractivity contribution >= 4 is 12.0 Å². The molecule has 2 amide bonds. The van der Waals surface area contributed by atoms with Gasteiger partial charge in [0.2, 0.25) is 5.91 Å². The molecule has 0 aromatic carbocycles. The fourth-order valence-corrected chi connectivity index (χ4v) is 2.47. The topological polar surface area (TPSA) is 87.7 Å². The van der Waals surface area contributed by atoms with Crippen LogP contribution in [-0.4, -0.2) is 42.4 Å². The van der Waals surface area contributed by atoms with Crippen LogP contribution in [0.3, 0.4) is 0 Å². The van der Waals surface area contributed by atoms with Gasteiger partial charge in [-0.25, -0.2) is 4.79 Å². The zero-order valence-corrected chi connectivity index (χ0v) is 12.6. The van der Waals surface area contributed by atoms with Crippen LogP contribution in [0.1, 0.15) is 46.0 Å². The van der Waals surface area contributed by atoms with E-state index in [0.717, 1.165) is 19.3 Å². The van der Waals surface area contributed by atoms with E-state index in [1.807, 2.05) is 13.8 Å². The summed E-state index contributed by atoms with van der Waals surface area (Å²) in [5, 5.41) is 15.6. The summed E-state index contributed by atoms with van der Waals surface area (Å²) in [6.07, 6.45) is 3.90. The van der Waals surface area contributed by atoms with Crippen molar-refractivity contribution in [3.8, 4) is 0 Å². The Hall–Kier alpha value is -1.30. The van der Waals surface area contributed by atoms with E-state index in [1.165, 1.54) is 7.11 Å². The van der Waals surface area contributed by atoms with Crippen LogP contribution in [0.5, 0.6) is 0 Å². The summed E-state index contributed by atoms with van der Waals surface area (Å²) in [7, 11) is 1.26. The Kier molecular flexibility index (Phi) is 6.26. The van der Waals surface area contributed by atoms with E-state index in [0.29, 0.717) is 12.8 Å². The molecule has 1 fully saturated rings. The summed E-state index contributed by atoms with van der Waals surface area (Å²) < 4.78 is 4.52. The molecular weight excluding hydrogens is 260 g/mol. The highest BCUT2D eigenvalue weighted by atomic mass is 16.5. The van der Waals surface area contributed by atoms with Crippen LogP contribution >= 0.6 is 0 Å². The molecule has 0 aromatic rings. The molecule has 0 aromatic heterocycles. The van der Waals surface area contributed by atoms with Crippen molar-refractivity contribution in [3.05, 3.63) is 0 Å². The lowest BCUT2D eigenvalue weighted by atomic mass is 9.85. The monoisotopic (exact) mass is 286 g/mol. The summed E-state index contributed by atoms with van der Waals surface area (Å²) >= 11 is 0. The van der Waals surface area contributed by atoms with Gasteiger partial charge in [-0.15, -0.1) is 0 Å². The number of amides is 2. The maximum absolute atomic E-state index is 12.1. The third-order valence-corrected chi connectivity index (χ3v) is 3.78. The Morgan fingerprint density at radius 2 is 1.85 bits per heavy atom. The molecule has 20 heavy (non-hydrogen) atoms. The van der Waals surface area contributed by atoms with E-state index in [4.69, 9.17) is 0 Å². The highest BCUT2D eigenvalue weighted by molar-refractivity contribution is 5.85. The minimum absolute atomic E-state index is 0.0601. The van der Waals surface area contributed by atoms with Crippen LogP contribution in [0.2, 0.25) is 0 Å². The Bertz CT molecular complexity index is 338. The predicted octanol–water partition coefficient (Wildman–Crippen LogP) is 1.18. The van der Waals surface area contributed by atoms with E-state index in [1.54, 1.807) is 0 Å². The molecule has 0 heterocycles. The van der Waals surface area contributed by atoms with Gasteiger partial charge in [0.25, 0.3) is 0 Å². The Morgan fingerprint density at radius 3 is 2.35 bits per heavy atom. The predicted molar refractivity (Wildman–Crippen MR) is 75.2 cm³/mol. The molecule has 0 saturated heterocycles. The van der Waals surface area contributed by atoms with Crippen LogP contribution in [-0.2, 0) is 9.53 Å². The minimum atomic E-state index is -0.805. The number of carbonyl (C=O) groups excluding carboxylic acids is 2. The fourth-order valence-electron chi connectivity index (χ4n) is 2.47. The molecule has 0 radical (unpaired) electrons. The second kappa shape index (κ2) is 7.47. The molecule has 116 valence electrons. The van der Waals surface area contributed by atoms with Crippen molar-refractivity contribution in [1.82, 2.24) is 10.6 Å². The number of alkyl carbamates (subject to hydrolysis) is 1. The van der Waals surface area contributed by atoms with Gasteiger partial charge >= 0.3 is 6.09 Å². The van der Waals surface area contributed by atoms with Crippen molar-refractivity contribution in [2.45, 2.75) is 57.6 Å². The second-order valence-corrected chi connectivity index (χ2v) is 5.86. The van der Waals surface area contributed by atoms with E-state index >= 15 is 0 Å². The van der Waals surface area contributed by atoms with Crippen LogP contribution in [0.15, 0.2) is 0 Å². The molecule has 0 unspecified atom stereocenters. The number of aliphatic hydroxyl groups is 1. The number of nitrogens with one attached hydrogen (secondary N) is 2. The van der Waals surface area contributed by atoms with Crippen LogP contribution < -0.4 is 10.6 Å². The second-order valence-electron chi connectivity index (χ2n) is 5.86. The minimum Gasteiger partial charge on any atom is -0.453 e. The molecule has 1 saturated carbocycles. The highest BCUT2D eigenvalue weighted by Gasteiger charge is 2.31. The molecule has 0 aliphatic heterocycles. The smallest absolute Gasteiger partial charge is 0.407 e. The number of hydrogen-bond acceptors (Lipinski definition) is 4. The first-order valence-electron chi connectivity index (χ1n) is 7.22. The maximum Gasteiger partial charge on any atom is 0.407 e. The average molecular weight is 286 g/mol. The molecule has 1 aliphatic carbocycles. The number of methoxy groups -OCH3 is 1. The van der Waals surface area contributed by atoms with Crippen LogP contribution in [0.25, 0.3) is 0 Å². The lowest BCUT2D eigenvalue weighted by Gasteiger charge is -2.33. The van der Waals surface area contributed by atoms with Gasteiger partial charge in [0.1, 0.15) is 6.04 Å². The number of rotatable bonds is 5. The molecule has 1 aliphatic rings. The Labute approximate surface area is 120 Å². The summed E-state index contributed by atoms with van der Waals surface area (Å²) in [6, 6.07) is -0.658. The van der Waals surface area contributed by atoms with Crippen molar-refractivity contribution in [3.63, 3.8) is 0 Å². The maximum atomic E-state index is 12.1. The van der Waals surface area contributed by atoms with E-state index in [2.05, 4.69) is 15.4 Å². The third-order valence-electron chi connectivity index (χ3n) is 3.78. The van der Waals surface area contributed by atoms with Gasteiger partial charge in [-0.1, -0.05) is 33.1 Å². The van der Waals surface area contributed by atoms with Crippen LogP contribution in [0, 0.1) is 5.92 Å². The first-order valence-corrected chi connectivity index (χ1v) is 7.22. The molecule has 3 N–H and O–H groups in total. The quantitative estimate of drug-likeness (QED) is 0.708. The van der Waals surface area contributed by atoms with Gasteiger partial charge in [0.05, 0.1) is 12.7 Å². The van der Waals surface area contributed by atoms with Gasteiger partial charge in [-0.3, -0.25) is 4.79 Å². The normalized spacial score (nSPS) is 19.2. The molecule has 6 heteroatoms. The Morgan fingerprint density at radius 1 is 1.25 bits per heavy atom. The van der Waals surface area contributed by atoms with Crippen molar-refractivity contribution in [2.24, 2.45) is 5.92 Å². The first-order chi connectivity index (χ1) is 9.38. The zero-order chi connectivity index (χ0) is 15.2. The molecule has 1 rings (SSSR count). The van der Waals surface area contributed by atoms with E-state index in [9.17, 15) is 14.7 Å². The lowest BCUT2D eigenvalue weighted by Crippen LogP contribution is -2.53. The summed E-state index contributed by atoms with van der Waals surface area (Å²) in [4.78, 5) is 23.4. The molecule has 6 nitrogen and oxygen atoms in total. The summed E-state index contributed by atoms with van der Waals surface area (Å²) in [6.45, 7) is 3.92. The van der Waals surface area contributed by atoms with Crippen molar-refractivity contribution in [1.29, 1.82) is 0 Å². The molecular formula is C14H26N2O4. The fraction of sp³-hybridized carbons (Fsp3) is 0.857. The van der Waals surface area contributed by atoms with E-state index in [-0.39, 0.29) is 18.4 Å². The number of carbonyl (C=O) groups is 2.